The highest BCUT2D eigenvalue weighted by Crippen LogP contribution is 2.44. The van der Waals surface area contributed by atoms with Crippen LogP contribution in [0.1, 0.15) is 0 Å². The van der Waals surface area contributed by atoms with Crippen LogP contribution in [0.25, 0.3) is 0 Å². The molecule has 0 radical (unpaired) electrons. The molecular weight excluding hydrogens is 426 g/mol. The lowest BCUT2D eigenvalue weighted by molar-refractivity contribution is -0.168. The quantitative estimate of drug-likeness (QED) is 0.307. The van der Waals surface area contributed by atoms with Gasteiger partial charge in [0.15, 0.2) is 0 Å². The average Bonchev–Trinajstić information content (AvgIpc) is 2.51. The van der Waals surface area contributed by atoms with Gasteiger partial charge in [0, 0.05) is 12.2 Å². The Morgan fingerprint density at radius 1 is 0.519 bits per heavy atom. The van der Waals surface area contributed by atoms with E-state index in [0.717, 1.165) is 0 Å². The molecule has 0 N–H and O–H groups in total. The molecule has 0 aromatic rings. The van der Waals surface area contributed by atoms with Crippen LogP contribution >= 0.6 is 0 Å². The molecular formula is C12H4F14O. The van der Waals surface area contributed by atoms with E-state index >= 15 is 0 Å². The molecule has 0 fully saturated rings. The van der Waals surface area contributed by atoms with Crippen molar-refractivity contribution in [1.29, 1.82) is 0 Å². The third-order valence-electron chi connectivity index (χ3n) is 2.43. The molecule has 15 heteroatoms. The van der Waals surface area contributed by atoms with Crippen LogP contribution in [0.3, 0.4) is 0 Å². The normalized spacial score (nSPS) is 14.0. The summed E-state index contributed by atoms with van der Waals surface area (Å²) in [7, 11) is 0. The maximum atomic E-state index is 12.9. The predicted octanol–water partition coefficient (Wildman–Crippen LogP) is 6.73. The second-order valence-corrected chi connectivity index (χ2v) is 4.29. The molecule has 0 amide bonds. The molecule has 0 aliphatic carbocycles. The van der Waals surface area contributed by atoms with Crippen molar-refractivity contribution >= 4 is 0 Å². The summed E-state index contributed by atoms with van der Waals surface area (Å²) in [4.78, 5) is 0. The maximum Gasteiger partial charge on any atom is 0.369 e. The van der Waals surface area contributed by atoms with Gasteiger partial charge in [0.05, 0.1) is 12.5 Å². The smallest absolute Gasteiger partial charge is 0.369 e. The van der Waals surface area contributed by atoms with E-state index in [-0.39, 0.29) is 0 Å². The first-order valence-electron chi connectivity index (χ1n) is 5.86. The first kappa shape index (κ1) is 24.8. The number of rotatable bonds is 8. The summed E-state index contributed by atoms with van der Waals surface area (Å²) in [5, 5.41) is 0. The first-order chi connectivity index (χ1) is 11.9. The summed E-state index contributed by atoms with van der Waals surface area (Å²) in [6.07, 6.45) is -11.0. The van der Waals surface area contributed by atoms with Crippen LogP contribution in [0.5, 0.6) is 0 Å². The minimum Gasteiger partial charge on any atom is -0.473 e. The number of alkyl halides is 8. The van der Waals surface area contributed by atoms with Gasteiger partial charge in [-0.15, -0.1) is 0 Å². The monoisotopic (exact) mass is 430 g/mol. The minimum absolute atomic E-state index is 0.621. The van der Waals surface area contributed by atoms with E-state index in [4.69, 9.17) is 0 Å². The molecule has 0 bridgehead atoms. The summed E-state index contributed by atoms with van der Waals surface area (Å²) >= 11 is 0. The van der Waals surface area contributed by atoms with Crippen molar-refractivity contribution < 1.29 is 66.2 Å². The van der Waals surface area contributed by atoms with Crippen LogP contribution in [-0.2, 0) is 4.74 Å². The van der Waals surface area contributed by atoms with Gasteiger partial charge < -0.3 is 4.74 Å². The van der Waals surface area contributed by atoms with Crippen molar-refractivity contribution in [1.82, 2.24) is 0 Å². The fourth-order valence-corrected chi connectivity index (χ4v) is 1.03. The molecule has 0 aromatic heterocycles. The van der Waals surface area contributed by atoms with Crippen LogP contribution in [0.4, 0.5) is 61.5 Å². The second-order valence-electron chi connectivity index (χ2n) is 4.29. The first-order valence-corrected chi connectivity index (χ1v) is 5.86. The minimum atomic E-state index is -6.08. The second kappa shape index (κ2) is 8.21. The standard InChI is InChI=1S/C12H4F14O/c13-5(7(15)16)11(23,24)9(19,20)1-3-27-4-2-10(21,22)12(25,26)6(14)8(17)18/h1-4H. The van der Waals surface area contributed by atoms with Gasteiger partial charge in [-0.25, -0.2) is 0 Å². The lowest BCUT2D eigenvalue weighted by atomic mass is 10.1. The molecule has 0 aromatic carbocycles. The summed E-state index contributed by atoms with van der Waals surface area (Å²) in [5.74, 6) is -31.2. The molecule has 0 unspecified atom stereocenters. The van der Waals surface area contributed by atoms with Crippen LogP contribution in [-0.4, -0.2) is 23.7 Å². The Kier molecular flexibility index (Phi) is 7.53. The van der Waals surface area contributed by atoms with Gasteiger partial charge in [-0.3, -0.25) is 0 Å². The van der Waals surface area contributed by atoms with Gasteiger partial charge in [0.2, 0.25) is 11.7 Å². The molecule has 0 aliphatic heterocycles. The Labute approximate surface area is 139 Å². The van der Waals surface area contributed by atoms with Crippen LogP contribution < -0.4 is 0 Å². The summed E-state index contributed by atoms with van der Waals surface area (Å²) in [5.41, 5.74) is 0. The molecule has 1 nitrogen and oxygen atoms in total. The van der Waals surface area contributed by atoms with E-state index in [9.17, 15) is 61.5 Å². The van der Waals surface area contributed by atoms with E-state index < -0.39 is 72.2 Å². The Hall–Kier alpha value is -2.22. The SMILES string of the molecule is FC(F)=C(F)C(F)(F)C(F)(F)C=COC=CC(F)(F)C(F)(F)C(F)=C(F)F. The molecule has 0 aliphatic rings. The summed E-state index contributed by atoms with van der Waals surface area (Å²) < 4.78 is 177. The number of ether oxygens (including phenoxy) is 1. The van der Waals surface area contributed by atoms with Crippen molar-refractivity contribution in [2.45, 2.75) is 23.7 Å². The van der Waals surface area contributed by atoms with Gasteiger partial charge in [0.1, 0.15) is 0 Å². The third kappa shape index (κ3) is 5.38. The van der Waals surface area contributed by atoms with E-state index in [2.05, 4.69) is 4.74 Å². The maximum absolute atomic E-state index is 12.9. The molecule has 0 spiro atoms. The molecule has 0 atom stereocenters. The highest BCUT2D eigenvalue weighted by atomic mass is 19.3. The average molecular weight is 430 g/mol. The van der Waals surface area contributed by atoms with Crippen LogP contribution in [0, 0.1) is 0 Å². The lowest BCUT2D eigenvalue weighted by Gasteiger charge is -2.21. The van der Waals surface area contributed by atoms with Crippen LogP contribution in [0.2, 0.25) is 0 Å². The summed E-state index contributed by atoms with van der Waals surface area (Å²) in [6, 6.07) is 0. The van der Waals surface area contributed by atoms with Gasteiger partial charge in [-0.1, -0.05) is 0 Å². The number of halogens is 14. The van der Waals surface area contributed by atoms with Gasteiger partial charge >= 0.3 is 35.9 Å². The number of hydrogen-bond donors (Lipinski definition) is 0. The van der Waals surface area contributed by atoms with Crippen molar-refractivity contribution in [3.8, 4) is 0 Å². The largest absolute Gasteiger partial charge is 0.473 e. The van der Waals surface area contributed by atoms with Crippen LogP contribution in [0.15, 0.2) is 48.5 Å². The van der Waals surface area contributed by atoms with Crippen molar-refractivity contribution in [3.63, 3.8) is 0 Å². The molecule has 27 heavy (non-hydrogen) atoms. The highest BCUT2D eigenvalue weighted by molar-refractivity contribution is 5.17. The molecule has 156 valence electrons. The van der Waals surface area contributed by atoms with Crippen molar-refractivity contribution in [3.05, 3.63) is 48.5 Å². The number of hydrogen-bond acceptors (Lipinski definition) is 1. The van der Waals surface area contributed by atoms with Gasteiger partial charge in [0.25, 0.3) is 0 Å². The Bertz CT molecular complexity index is 593. The Balaban J connectivity index is 5.31. The van der Waals surface area contributed by atoms with E-state index in [1.54, 1.807) is 0 Å². The highest BCUT2D eigenvalue weighted by Gasteiger charge is 2.61. The number of allylic oxidation sites excluding steroid dienone is 4. The Morgan fingerprint density at radius 2 is 0.778 bits per heavy atom. The zero-order valence-corrected chi connectivity index (χ0v) is 12.0. The zero-order chi connectivity index (χ0) is 21.8. The van der Waals surface area contributed by atoms with Crippen molar-refractivity contribution in [2.24, 2.45) is 0 Å². The van der Waals surface area contributed by atoms with E-state index in [1.807, 2.05) is 0 Å². The molecule has 0 heterocycles. The van der Waals surface area contributed by atoms with E-state index in [0.29, 0.717) is 0 Å². The van der Waals surface area contributed by atoms with E-state index in [1.165, 1.54) is 0 Å². The lowest BCUT2D eigenvalue weighted by Crippen LogP contribution is -2.40. The van der Waals surface area contributed by atoms with Gasteiger partial charge in [-0.05, 0) is 0 Å². The molecule has 0 saturated carbocycles. The summed E-state index contributed by atoms with van der Waals surface area (Å²) in [6.45, 7) is 0. The zero-order valence-electron chi connectivity index (χ0n) is 12.0. The topological polar surface area (TPSA) is 9.23 Å². The van der Waals surface area contributed by atoms with Crippen molar-refractivity contribution in [2.75, 3.05) is 0 Å². The molecule has 0 saturated heterocycles. The Morgan fingerprint density at radius 3 is 1.00 bits per heavy atom. The predicted molar refractivity (Wildman–Crippen MR) is 59.9 cm³/mol. The third-order valence-corrected chi connectivity index (χ3v) is 2.43. The van der Waals surface area contributed by atoms with Gasteiger partial charge in [-0.2, -0.15) is 61.5 Å². The fraction of sp³-hybridized carbons (Fsp3) is 0.333. The fourth-order valence-electron chi connectivity index (χ4n) is 1.03. The molecule has 0 rings (SSSR count).